The van der Waals surface area contributed by atoms with Gasteiger partial charge >= 0.3 is 0 Å². The second kappa shape index (κ2) is 11.6. The molecule has 0 unspecified atom stereocenters. The van der Waals surface area contributed by atoms with Crippen LogP contribution in [0.3, 0.4) is 0 Å². The smallest absolute Gasteiger partial charge is 0.00137 e. The molecule has 50 heavy (non-hydrogen) atoms. The molecule has 0 N–H and O–H groups in total. The van der Waals surface area contributed by atoms with E-state index in [1.54, 1.807) is 0 Å². The van der Waals surface area contributed by atoms with E-state index in [9.17, 15) is 0 Å². The minimum Gasteiger partial charge on any atom is -0.0622 e. The summed E-state index contributed by atoms with van der Waals surface area (Å²) in [6.07, 6.45) is 0. The van der Waals surface area contributed by atoms with Crippen LogP contribution in [-0.4, -0.2) is 0 Å². The lowest BCUT2D eigenvalue weighted by Gasteiger charge is -2.23. The maximum absolute atomic E-state index is 2.40. The molecule has 0 radical (unpaired) electrons. The third-order valence-electron chi connectivity index (χ3n) is 10.5. The van der Waals surface area contributed by atoms with E-state index < -0.39 is 0 Å². The highest BCUT2D eigenvalue weighted by Gasteiger charge is 2.23. The summed E-state index contributed by atoms with van der Waals surface area (Å²) in [5.41, 5.74) is 9.92. The number of hydrogen-bond donors (Lipinski definition) is 0. The number of fused-ring (bicyclic) bond motifs is 7. The van der Waals surface area contributed by atoms with Crippen LogP contribution in [0, 0.1) is 0 Å². The van der Waals surface area contributed by atoms with Crippen LogP contribution >= 0.6 is 0 Å². The molecule has 0 aliphatic carbocycles. The molecule has 0 bridgehead atoms. The van der Waals surface area contributed by atoms with Crippen LogP contribution in [0.1, 0.15) is 0 Å². The Hall–Kier alpha value is -6.50. The quantitative estimate of drug-likeness (QED) is 0.169. The van der Waals surface area contributed by atoms with Crippen molar-refractivity contribution >= 4 is 53.9 Å². The Morgan fingerprint density at radius 3 is 1.18 bits per heavy atom. The van der Waals surface area contributed by atoms with Gasteiger partial charge in [-0.2, -0.15) is 0 Å². The Morgan fingerprint density at radius 1 is 0.180 bits per heavy atom. The van der Waals surface area contributed by atoms with E-state index in [1.807, 2.05) is 0 Å². The Labute approximate surface area is 291 Å². The second-order valence-electron chi connectivity index (χ2n) is 13.2. The Kier molecular flexibility index (Phi) is 6.60. The van der Waals surface area contributed by atoms with Crippen LogP contribution in [0.2, 0.25) is 0 Å². The standard InChI is InChI=1S/C50H32/c1-3-13-33(14-4-1)41-26-23-36-18-8-11-21-39(36)48(41)47-32-30-45-44-28-25-35-17-7-10-20-38(35)43(44)29-31-46(45)50(47)49-40-22-12-9-19-37(40)24-27-42(49)34-15-5-2-6-16-34/h1-32H. The average Bonchev–Trinajstić information content (AvgIpc) is 3.20. The molecule has 0 saturated carbocycles. The Balaban J connectivity index is 1.43. The molecule has 0 nitrogen and oxygen atoms in total. The van der Waals surface area contributed by atoms with Gasteiger partial charge in [-0.15, -0.1) is 0 Å². The summed E-state index contributed by atoms with van der Waals surface area (Å²) in [5.74, 6) is 0. The van der Waals surface area contributed by atoms with Crippen molar-refractivity contribution in [1.82, 2.24) is 0 Å². The largest absolute Gasteiger partial charge is 0.0622 e. The van der Waals surface area contributed by atoms with Crippen LogP contribution < -0.4 is 0 Å². The normalized spacial score (nSPS) is 11.6. The summed E-state index contributed by atoms with van der Waals surface area (Å²) in [5, 5.41) is 12.6. The van der Waals surface area contributed by atoms with E-state index in [-0.39, 0.29) is 0 Å². The molecule has 0 amide bonds. The molecule has 0 atom stereocenters. The van der Waals surface area contributed by atoms with Crippen molar-refractivity contribution in [3.63, 3.8) is 0 Å². The highest BCUT2D eigenvalue weighted by molar-refractivity contribution is 6.24. The molecule has 0 aliphatic rings. The van der Waals surface area contributed by atoms with E-state index >= 15 is 0 Å². The van der Waals surface area contributed by atoms with Gasteiger partial charge in [-0.05, 0) is 98.4 Å². The Bertz CT molecular complexity index is 2900. The fourth-order valence-electron chi connectivity index (χ4n) is 8.20. The molecule has 10 aromatic carbocycles. The van der Waals surface area contributed by atoms with Crippen molar-refractivity contribution < 1.29 is 0 Å². The zero-order valence-electron chi connectivity index (χ0n) is 27.5. The van der Waals surface area contributed by atoms with Gasteiger partial charge in [-0.1, -0.05) is 194 Å². The van der Waals surface area contributed by atoms with Gasteiger partial charge in [0.15, 0.2) is 0 Å². The predicted octanol–water partition coefficient (Wildman–Crippen LogP) is 14.1. The minimum atomic E-state index is 1.21. The molecule has 10 rings (SSSR count). The van der Waals surface area contributed by atoms with Gasteiger partial charge < -0.3 is 0 Å². The minimum absolute atomic E-state index is 1.21. The van der Waals surface area contributed by atoms with Crippen LogP contribution in [0.5, 0.6) is 0 Å². The van der Waals surface area contributed by atoms with Crippen LogP contribution in [-0.2, 0) is 0 Å². The molecular weight excluding hydrogens is 601 g/mol. The second-order valence-corrected chi connectivity index (χ2v) is 13.2. The summed E-state index contributed by atoms with van der Waals surface area (Å²) in [4.78, 5) is 0. The van der Waals surface area contributed by atoms with Crippen molar-refractivity contribution in [1.29, 1.82) is 0 Å². The summed E-state index contributed by atoms with van der Waals surface area (Å²) in [6, 6.07) is 71.5. The van der Waals surface area contributed by atoms with Gasteiger partial charge in [0.1, 0.15) is 0 Å². The fraction of sp³-hybridized carbons (Fsp3) is 0. The molecule has 10 aromatic rings. The van der Waals surface area contributed by atoms with Gasteiger partial charge in [-0.25, -0.2) is 0 Å². The summed E-state index contributed by atoms with van der Waals surface area (Å²) >= 11 is 0. The highest BCUT2D eigenvalue weighted by atomic mass is 14.3. The van der Waals surface area contributed by atoms with Crippen LogP contribution in [0.4, 0.5) is 0 Å². The van der Waals surface area contributed by atoms with Gasteiger partial charge in [0.2, 0.25) is 0 Å². The monoisotopic (exact) mass is 632 g/mol. The van der Waals surface area contributed by atoms with Crippen molar-refractivity contribution in [2.24, 2.45) is 0 Å². The van der Waals surface area contributed by atoms with Crippen LogP contribution in [0.25, 0.3) is 98.4 Å². The van der Waals surface area contributed by atoms with Crippen molar-refractivity contribution in [2.75, 3.05) is 0 Å². The molecule has 0 heteroatoms. The molecular formula is C50H32. The number of benzene rings is 10. The average molecular weight is 633 g/mol. The predicted molar refractivity (Wildman–Crippen MR) is 216 cm³/mol. The summed E-state index contributed by atoms with van der Waals surface area (Å²) < 4.78 is 0. The highest BCUT2D eigenvalue weighted by Crippen LogP contribution is 2.50. The van der Waals surface area contributed by atoms with E-state index in [4.69, 9.17) is 0 Å². The first-order chi connectivity index (χ1) is 24.8. The van der Waals surface area contributed by atoms with Gasteiger partial charge in [0.25, 0.3) is 0 Å². The summed E-state index contributed by atoms with van der Waals surface area (Å²) in [7, 11) is 0. The van der Waals surface area contributed by atoms with Gasteiger partial charge in [-0.3, -0.25) is 0 Å². The molecule has 0 fully saturated rings. The van der Waals surface area contributed by atoms with Crippen molar-refractivity contribution in [3.05, 3.63) is 194 Å². The molecule has 0 saturated heterocycles. The lowest BCUT2D eigenvalue weighted by molar-refractivity contribution is 1.60. The zero-order valence-corrected chi connectivity index (χ0v) is 27.5. The number of rotatable bonds is 4. The third-order valence-corrected chi connectivity index (χ3v) is 10.5. The Morgan fingerprint density at radius 2 is 0.540 bits per heavy atom. The van der Waals surface area contributed by atoms with Crippen molar-refractivity contribution in [3.8, 4) is 44.5 Å². The molecule has 232 valence electrons. The molecule has 0 heterocycles. The van der Waals surface area contributed by atoms with E-state index in [0.29, 0.717) is 0 Å². The molecule has 0 spiro atoms. The summed E-state index contributed by atoms with van der Waals surface area (Å²) in [6.45, 7) is 0. The SMILES string of the molecule is c1ccc(-c2ccc3ccccc3c2-c2ccc3c(ccc4c5ccccc5ccc34)c2-c2c(-c3ccccc3)ccc3ccccc23)cc1. The fourth-order valence-corrected chi connectivity index (χ4v) is 8.20. The van der Waals surface area contributed by atoms with E-state index in [2.05, 4.69) is 194 Å². The maximum atomic E-state index is 2.40. The zero-order chi connectivity index (χ0) is 33.0. The van der Waals surface area contributed by atoms with Crippen molar-refractivity contribution in [2.45, 2.75) is 0 Å². The topological polar surface area (TPSA) is 0 Å². The maximum Gasteiger partial charge on any atom is -0.00137 e. The number of hydrogen-bond acceptors (Lipinski definition) is 0. The van der Waals surface area contributed by atoms with Gasteiger partial charge in [0.05, 0.1) is 0 Å². The lowest BCUT2D eigenvalue weighted by atomic mass is 9.80. The molecule has 0 aromatic heterocycles. The third kappa shape index (κ3) is 4.46. The lowest BCUT2D eigenvalue weighted by Crippen LogP contribution is -1.96. The molecule has 0 aliphatic heterocycles. The first kappa shape index (κ1) is 28.5. The van der Waals surface area contributed by atoms with Crippen LogP contribution in [0.15, 0.2) is 194 Å². The van der Waals surface area contributed by atoms with E-state index in [0.717, 1.165) is 0 Å². The van der Waals surface area contributed by atoms with E-state index in [1.165, 1.54) is 98.4 Å². The first-order valence-corrected chi connectivity index (χ1v) is 17.4. The first-order valence-electron chi connectivity index (χ1n) is 17.4. The van der Waals surface area contributed by atoms with Gasteiger partial charge in [0, 0.05) is 0 Å².